The van der Waals surface area contributed by atoms with E-state index in [-0.39, 0.29) is 46.8 Å². The molecule has 4 aliphatic carbocycles. The molecule has 5 heteroatoms. The molecule has 1 N–H and O–H groups in total. The molecule has 4 aliphatic rings. The second-order valence-electron chi connectivity index (χ2n) is 9.27. The summed E-state index contributed by atoms with van der Waals surface area (Å²) in [6.07, 6.45) is 4.76. The number of allylic oxidation sites excluding steroid dienone is 1. The normalized spacial score (nSPS) is 47.5. The van der Waals surface area contributed by atoms with E-state index < -0.39 is 11.5 Å². The van der Waals surface area contributed by atoms with Gasteiger partial charge in [-0.2, -0.15) is 0 Å². The summed E-state index contributed by atoms with van der Waals surface area (Å²) in [6.45, 7) is 5.50. The zero-order chi connectivity index (χ0) is 18.9. The average molecular weight is 360 g/mol. The second kappa shape index (κ2) is 5.75. The Morgan fingerprint density at radius 2 is 1.96 bits per heavy atom. The molecule has 26 heavy (non-hydrogen) atoms. The molecule has 3 fully saturated rings. The summed E-state index contributed by atoms with van der Waals surface area (Å²) < 4.78 is 5.38. The molecule has 0 aliphatic heterocycles. The van der Waals surface area contributed by atoms with E-state index in [2.05, 4.69) is 6.92 Å². The molecule has 4 rings (SSSR count). The molecule has 0 spiro atoms. The Balaban J connectivity index is 1.71. The van der Waals surface area contributed by atoms with Crippen molar-refractivity contribution in [2.24, 2.45) is 28.6 Å². The van der Waals surface area contributed by atoms with Crippen molar-refractivity contribution in [2.75, 3.05) is 0 Å². The lowest BCUT2D eigenvalue weighted by atomic mass is 9.47. The van der Waals surface area contributed by atoms with Gasteiger partial charge in [0.05, 0.1) is 6.10 Å². The first-order valence-electron chi connectivity index (χ1n) is 9.80. The number of carbonyl (C=O) groups is 3. The molecule has 0 aromatic heterocycles. The molecule has 0 heterocycles. The van der Waals surface area contributed by atoms with Gasteiger partial charge in [-0.05, 0) is 43.1 Å². The number of aliphatic hydroxyl groups is 1. The number of hydrogen-bond donors (Lipinski definition) is 1. The van der Waals surface area contributed by atoms with E-state index in [1.165, 1.54) is 6.92 Å². The van der Waals surface area contributed by atoms with Crippen LogP contribution in [0.4, 0.5) is 0 Å². The van der Waals surface area contributed by atoms with Crippen LogP contribution in [0.2, 0.25) is 0 Å². The zero-order valence-corrected chi connectivity index (χ0v) is 15.8. The predicted molar refractivity (Wildman–Crippen MR) is 94.0 cm³/mol. The standard InChI is InChI=1S/C21H28O5/c1-11(22)26-13-6-7-20(2)12(8-13)9-15(23)18-14-4-5-17(25)21(14,3)10-16(24)19(18)20/h9,13-14,16,18-19,24H,4-8,10H2,1-3H3/t13-,14?,16?,18?,19?,20-,21-/m0/s1. The Morgan fingerprint density at radius 3 is 2.65 bits per heavy atom. The number of rotatable bonds is 1. The predicted octanol–water partition coefficient (Wildman–Crippen LogP) is 2.60. The van der Waals surface area contributed by atoms with Crippen LogP contribution >= 0.6 is 0 Å². The highest BCUT2D eigenvalue weighted by Gasteiger charge is 2.64. The fourth-order valence-electron chi connectivity index (χ4n) is 6.60. The lowest BCUT2D eigenvalue weighted by Crippen LogP contribution is -2.59. The van der Waals surface area contributed by atoms with E-state index in [0.29, 0.717) is 19.3 Å². The third kappa shape index (κ3) is 2.35. The number of Topliss-reactive ketones (excluding diaryl/α,β-unsaturated/α-hetero) is 1. The van der Waals surface area contributed by atoms with Crippen molar-refractivity contribution < 1.29 is 24.2 Å². The molecular formula is C21H28O5. The van der Waals surface area contributed by atoms with Crippen LogP contribution in [0, 0.1) is 28.6 Å². The van der Waals surface area contributed by atoms with Crippen LogP contribution in [0.25, 0.3) is 0 Å². The Kier molecular flexibility index (Phi) is 3.96. The van der Waals surface area contributed by atoms with Gasteiger partial charge in [0.1, 0.15) is 11.9 Å². The van der Waals surface area contributed by atoms with Gasteiger partial charge in [0.15, 0.2) is 5.78 Å². The molecule has 0 bridgehead atoms. The first-order chi connectivity index (χ1) is 12.2. The van der Waals surface area contributed by atoms with Gasteiger partial charge in [0.2, 0.25) is 0 Å². The minimum absolute atomic E-state index is 0.0386. The number of esters is 1. The van der Waals surface area contributed by atoms with Gasteiger partial charge in [-0.1, -0.05) is 19.4 Å². The lowest BCUT2D eigenvalue weighted by molar-refractivity contribution is -0.157. The quantitative estimate of drug-likeness (QED) is 0.727. The van der Waals surface area contributed by atoms with Crippen molar-refractivity contribution in [1.82, 2.24) is 0 Å². The number of hydrogen-bond acceptors (Lipinski definition) is 5. The third-order valence-corrected chi connectivity index (χ3v) is 7.89. The maximum absolute atomic E-state index is 13.1. The topological polar surface area (TPSA) is 80.7 Å². The van der Waals surface area contributed by atoms with Gasteiger partial charge in [-0.15, -0.1) is 0 Å². The van der Waals surface area contributed by atoms with E-state index in [9.17, 15) is 19.5 Å². The Morgan fingerprint density at radius 1 is 1.23 bits per heavy atom. The molecular weight excluding hydrogens is 332 g/mol. The molecule has 0 radical (unpaired) electrons. The van der Waals surface area contributed by atoms with Gasteiger partial charge in [-0.25, -0.2) is 0 Å². The Bertz CT molecular complexity index is 709. The van der Waals surface area contributed by atoms with Crippen LogP contribution in [-0.2, 0) is 19.1 Å². The molecule has 0 aromatic carbocycles. The summed E-state index contributed by atoms with van der Waals surface area (Å²) in [4.78, 5) is 36.9. The highest BCUT2D eigenvalue weighted by Crippen LogP contribution is 2.63. The number of carbonyl (C=O) groups excluding carboxylic acids is 3. The summed E-state index contributed by atoms with van der Waals surface area (Å²) in [5.41, 5.74) is 0.183. The molecule has 0 amide bonds. The van der Waals surface area contributed by atoms with Crippen molar-refractivity contribution in [2.45, 2.75) is 71.5 Å². The SMILES string of the molecule is CC(=O)O[C@H]1CC[C@@]2(C)C(=CC(=O)C3C2C(O)C[C@]2(C)C(=O)CCC32)C1. The average Bonchev–Trinajstić information content (AvgIpc) is 2.83. The van der Waals surface area contributed by atoms with Crippen LogP contribution in [0.3, 0.4) is 0 Å². The monoisotopic (exact) mass is 360 g/mol. The van der Waals surface area contributed by atoms with Crippen molar-refractivity contribution in [1.29, 1.82) is 0 Å². The van der Waals surface area contributed by atoms with Gasteiger partial charge < -0.3 is 9.84 Å². The largest absolute Gasteiger partial charge is 0.462 e. The van der Waals surface area contributed by atoms with E-state index in [4.69, 9.17) is 4.74 Å². The first-order valence-corrected chi connectivity index (χ1v) is 9.80. The van der Waals surface area contributed by atoms with Crippen molar-refractivity contribution >= 4 is 17.5 Å². The van der Waals surface area contributed by atoms with E-state index in [0.717, 1.165) is 24.8 Å². The number of aliphatic hydroxyl groups excluding tert-OH is 1. The molecule has 5 nitrogen and oxygen atoms in total. The van der Waals surface area contributed by atoms with Crippen LogP contribution in [0.1, 0.15) is 59.3 Å². The van der Waals surface area contributed by atoms with Crippen LogP contribution < -0.4 is 0 Å². The summed E-state index contributed by atoms with van der Waals surface area (Å²) in [5, 5.41) is 11.1. The maximum atomic E-state index is 13.1. The van der Waals surface area contributed by atoms with Crippen LogP contribution in [-0.4, -0.2) is 34.9 Å². The van der Waals surface area contributed by atoms with Gasteiger partial charge in [0.25, 0.3) is 0 Å². The van der Waals surface area contributed by atoms with Gasteiger partial charge in [-0.3, -0.25) is 14.4 Å². The van der Waals surface area contributed by atoms with Gasteiger partial charge in [0, 0.05) is 37.0 Å². The van der Waals surface area contributed by atoms with E-state index in [1.54, 1.807) is 6.08 Å². The maximum Gasteiger partial charge on any atom is 0.302 e. The van der Waals surface area contributed by atoms with Gasteiger partial charge >= 0.3 is 5.97 Å². The fourth-order valence-corrected chi connectivity index (χ4v) is 6.60. The molecule has 4 unspecified atom stereocenters. The van der Waals surface area contributed by atoms with Crippen LogP contribution in [0.15, 0.2) is 11.6 Å². The highest BCUT2D eigenvalue weighted by atomic mass is 16.5. The summed E-state index contributed by atoms with van der Waals surface area (Å²) >= 11 is 0. The number of fused-ring (bicyclic) bond motifs is 5. The molecule has 7 atom stereocenters. The fraction of sp³-hybridized carbons (Fsp3) is 0.762. The highest BCUT2D eigenvalue weighted by molar-refractivity contribution is 5.97. The molecule has 0 saturated heterocycles. The summed E-state index contributed by atoms with van der Waals surface area (Å²) in [5.74, 6) is -0.415. The third-order valence-electron chi connectivity index (χ3n) is 7.89. The first kappa shape index (κ1) is 17.9. The number of ether oxygens (including phenoxy) is 1. The number of ketones is 2. The lowest BCUT2D eigenvalue weighted by Gasteiger charge is -2.57. The summed E-state index contributed by atoms with van der Waals surface area (Å²) in [7, 11) is 0. The van der Waals surface area contributed by atoms with Crippen LogP contribution in [0.5, 0.6) is 0 Å². The molecule has 3 saturated carbocycles. The van der Waals surface area contributed by atoms with Crippen molar-refractivity contribution in [3.63, 3.8) is 0 Å². The van der Waals surface area contributed by atoms with E-state index >= 15 is 0 Å². The van der Waals surface area contributed by atoms with E-state index in [1.807, 2.05) is 6.92 Å². The molecule has 142 valence electrons. The second-order valence-corrected chi connectivity index (χ2v) is 9.27. The zero-order valence-electron chi connectivity index (χ0n) is 15.8. The van der Waals surface area contributed by atoms with Crippen molar-refractivity contribution in [3.05, 3.63) is 11.6 Å². The molecule has 0 aromatic rings. The minimum atomic E-state index is -0.647. The summed E-state index contributed by atoms with van der Waals surface area (Å²) in [6, 6.07) is 0. The van der Waals surface area contributed by atoms with Crippen molar-refractivity contribution in [3.8, 4) is 0 Å². The smallest absolute Gasteiger partial charge is 0.302 e. The minimum Gasteiger partial charge on any atom is -0.462 e. The Labute approximate surface area is 154 Å². The Hall–Kier alpha value is -1.49.